The summed E-state index contributed by atoms with van der Waals surface area (Å²) in [6.45, 7) is 0.415. The van der Waals surface area contributed by atoms with E-state index in [2.05, 4.69) is 20.6 Å². The van der Waals surface area contributed by atoms with Gasteiger partial charge in [0.25, 0.3) is 11.8 Å². The molecular weight excluding hydrogens is 374 g/mol. The zero-order valence-corrected chi connectivity index (χ0v) is 14.7. The Morgan fingerprint density at radius 2 is 1.96 bits per heavy atom. The number of benzene rings is 1. The van der Waals surface area contributed by atoms with Crippen LogP contribution in [-0.4, -0.2) is 28.3 Å². The maximum atomic E-state index is 13.2. The topological polar surface area (TPSA) is 84.0 Å². The van der Waals surface area contributed by atoms with Crippen LogP contribution in [0.3, 0.4) is 0 Å². The van der Waals surface area contributed by atoms with Gasteiger partial charge in [0.2, 0.25) is 0 Å². The number of hydrogen-bond donors (Lipinski definition) is 2. The molecule has 0 aliphatic carbocycles. The molecule has 0 bridgehead atoms. The van der Waals surface area contributed by atoms with Crippen LogP contribution in [0, 0.1) is 11.6 Å². The molecule has 0 unspecified atom stereocenters. The fourth-order valence-electron chi connectivity index (χ4n) is 2.20. The quantitative estimate of drug-likeness (QED) is 0.680. The smallest absolute Gasteiger partial charge is 0.270 e. The van der Waals surface area contributed by atoms with E-state index in [1.807, 2.05) is 12.1 Å². The van der Waals surface area contributed by atoms with Crippen LogP contribution in [0.5, 0.6) is 0 Å². The molecule has 0 aliphatic heterocycles. The predicted molar refractivity (Wildman–Crippen MR) is 96.7 cm³/mol. The van der Waals surface area contributed by atoms with Crippen LogP contribution in [0.15, 0.2) is 48.1 Å². The van der Waals surface area contributed by atoms with Gasteiger partial charge in [-0.3, -0.25) is 19.9 Å². The number of hydrogen-bond acceptors (Lipinski definition) is 5. The minimum Gasteiger partial charge on any atom is -0.350 e. The molecule has 1 aromatic carbocycles. The summed E-state index contributed by atoms with van der Waals surface area (Å²) in [5, 5.41) is 6.87. The number of nitrogens with one attached hydrogen (secondary N) is 2. The zero-order chi connectivity index (χ0) is 19.2. The molecule has 6 nitrogen and oxygen atoms in total. The summed E-state index contributed by atoms with van der Waals surface area (Å²) < 4.78 is 26.1. The van der Waals surface area contributed by atoms with Gasteiger partial charge in [-0.25, -0.2) is 13.8 Å². The maximum Gasteiger partial charge on any atom is 0.270 e. The molecule has 0 fully saturated rings. The lowest BCUT2D eigenvalue weighted by molar-refractivity contribution is 0.0948. The number of thiazole rings is 1. The van der Waals surface area contributed by atoms with Gasteiger partial charge >= 0.3 is 0 Å². The molecule has 0 aliphatic rings. The molecule has 0 radical (unpaired) electrons. The van der Waals surface area contributed by atoms with Crippen molar-refractivity contribution in [3.05, 3.63) is 76.6 Å². The summed E-state index contributed by atoms with van der Waals surface area (Å²) in [6, 6.07) is 6.55. The number of rotatable bonds is 6. The SMILES string of the molecule is O=C(Nc1nc(C(=O)NCCc2cccnc2)cs1)c1ccc(F)c(F)c1. The molecule has 138 valence electrons. The van der Waals surface area contributed by atoms with E-state index in [0.29, 0.717) is 13.0 Å². The van der Waals surface area contributed by atoms with Crippen molar-refractivity contribution in [3.63, 3.8) is 0 Å². The Morgan fingerprint density at radius 3 is 2.70 bits per heavy atom. The second-order valence-electron chi connectivity index (χ2n) is 5.49. The van der Waals surface area contributed by atoms with Gasteiger partial charge in [0.05, 0.1) is 0 Å². The van der Waals surface area contributed by atoms with Crippen LogP contribution < -0.4 is 10.6 Å². The van der Waals surface area contributed by atoms with Gasteiger partial charge in [0, 0.05) is 29.9 Å². The number of amides is 2. The summed E-state index contributed by atoms with van der Waals surface area (Å²) in [6.07, 6.45) is 4.03. The molecule has 3 rings (SSSR count). The summed E-state index contributed by atoms with van der Waals surface area (Å²) in [5.74, 6) is -3.17. The molecule has 3 aromatic rings. The third-order valence-corrected chi connectivity index (χ3v) is 4.32. The van der Waals surface area contributed by atoms with Gasteiger partial charge in [-0.1, -0.05) is 6.07 Å². The summed E-state index contributed by atoms with van der Waals surface area (Å²) in [4.78, 5) is 32.2. The first-order chi connectivity index (χ1) is 13.0. The standard InChI is InChI=1S/C18H14F2N4O2S/c19-13-4-3-12(8-14(13)20)16(25)24-18-23-15(10-27-18)17(26)22-7-5-11-2-1-6-21-9-11/h1-4,6,8-10H,5,7H2,(H,22,26)(H,23,24,25). The highest BCUT2D eigenvalue weighted by Crippen LogP contribution is 2.17. The van der Waals surface area contributed by atoms with Crippen LogP contribution >= 0.6 is 11.3 Å². The zero-order valence-electron chi connectivity index (χ0n) is 13.9. The maximum absolute atomic E-state index is 13.2. The Balaban J connectivity index is 1.54. The number of pyridine rings is 1. The summed E-state index contributed by atoms with van der Waals surface area (Å²) in [7, 11) is 0. The Bertz CT molecular complexity index is 963. The molecule has 27 heavy (non-hydrogen) atoms. The van der Waals surface area contributed by atoms with Crippen LogP contribution in [0.25, 0.3) is 0 Å². The second-order valence-corrected chi connectivity index (χ2v) is 6.35. The molecule has 9 heteroatoms. The van der Waals surface area contributed by atoms with E-state index in [4.69, 9.17) is 0 Å². The van der Waals surface area contributed by atoms with E-state index in [-0.39, 0.29) is 22.3 Å². The third-order valence-electron chi connectivity index (χ3n) is 3.56. The molecule has 2 amide bonds. The molecule has 2 N–H and O–H groups in total. The highest BCUT2D eigenvalue weighted by molar-refractivity contribution is 7.14. The second kappa shape index (κ2) is 8.45. The largest absolute Gasteiger partial charge is 0.350 e. The van der Waals surface area contributed by atoms with Crippen LogP contribution in [-0.2, 0) is 6.42 Å². The van der Waals surface area contributed by atoms with E-state index >= 15 is 0 Å². The molecule has 0 atom stereocenters. The lowest BCUT2D eigenvalue weighted by Gasteiger charge is -2.03. The van der Waals surface area contributed by atoms with E-state index in [9.17, 15) is 18.4 Å². The Morgan fingerprint density at radius 1 is 1.11 bits per heavy atom. The van der Waals surface area contributed by atoms with E-state index in [1.54, 1.807) is 12.4 Å². The lowest BCUT2D eigenvalue weighted by Crippen LogP contribution is -2.26. The summed E-state index contributed by atoms with van der Waals surface area (Å²) >= 11 is 1.06. The first-order valence-electron chi connectivity index (χ1n) is 7.92. The number of anilines is 1. The first kappa shape index (κ1) is 18.6. The molecular formula is C18H14F2N4O2S. The van der Waals surface area contributed by atoms with Crippen molar-refractivity contribution in [2.24, 2.45) is 0 Å². The Labute approximate surface area is 157 Å². The number of halogens is 2. The fourth-order valence-corrected chi connectivity index (χ4v) is 2.88. The van der Waals surface area contributed by atoms with E-state index in [1.165, 1.54) is 5.38 Å². The van der Waals surface area contributed by atoms with Crippen molar-refractivity contribution < 1.29 is 18.4 Å². The van der Waals surface area contributed by atoms with Crippen molar-refractivity contribution in [2.45, 2.75) is 6.42 Å². The van der Waals surface area contributed by atoms with E-state index in [0.717, 1.165) is 35.1 Å². The van der Waals surface area contributed by atoms with Crippen molar-refractivity contribution in [2.75, 3.05) is 11.9 Å². The Hall–Kier alpha value is -3.20. The first-order valence-corrected chi connectivity index (χ1v) is 8.80. The highest BCUT2D eigenvalue weighted by atomic mass is 32.1. The van der Waals surface area contributed by atoms with Gasteiger partial charge in [0.1, 0.15) is 5.69 Å². The highest BCUT2D eigenvalue weighted by Gasteiger charge is 2.14. The molecule has 2 aromatic heterocycles. The van der Waals surface area contributed by atoms with E-state index < -0.39 is 17.5 Å². The van der Waals surface area contributed by atoms with Crippen molar-refractivity contribution in [3.8, 4) is 0 Å². The predicted octanol–water partition coefficient (Wildman–Crippen LogP) is 3.04. The lowest BCUT2D eigenvalue weighted by atomic mass is 10.2. The van der Waals surface area contributed by atoms with Crippen LogP contribution in [0.1, 0.15) is 26.4 Å². The Kier molecular flexibility index (Phi) is 5.82. The van der Waals surface area contributed by atoms with Crippen LogP contribution in [0.2, 0.25) is 0 Å². The third kappa shape index (κ3) is 4.91. The van der Waals surface area contributed by atoms with Crippen LogP contribution in [0.4, 0.5) is 13.9 Å². The normalized spacial score (nSPS) is 10.4. The molecule has 2 heterocycles. The minimum atomic E-state index is -1.12. The minimum absolute atomic E-state index is 0.0495. The number of carbonyl (C=O) groups is 2. The monoisotopic (exact) mass is 388 g/mol. The van der Waals surface area contributed by atoms with Crippen molar-refractivity contribution in [1.82, 2.24) is 15.3 Å². The number of aromatic nitrogens is 2. The van der Waals surface area contributed by atoms with Gasteiger partial charge in [0.15, 0.2) is 16.8 Å². The molecule has 0 spiro atoms. The number of carbonyl (C=O) groups excluding carboxylic acids is 2. The fraction of sp³-hybridized carbons (Fsp3) is 0.111. The van der Waals surface area contributed by atoms with Gasteiger partial charge in [-0.2, -0.15) is 0 Å². The summed E-state index contributed by atoms with van der Waals surface area (Å²) in [5.41, 5.74) is 1.11. The van der Waals surface area contributed by atoms with Gasteiger partial charge in [-0.15, -0.1) is 11.3 Å². The molecule has 0 saturated carbocycles. The number of nitrogens with zero attached hydrogens (tertiary/aromatic N) is 2. The van der Waals surface area contributed by atoms with Gasteiger partial charge in [-0.05, 0) is 36.2 Å². The van der Waals surface area contributed by atoms with Gasteiger partial charge < -0.3 is 5.32 Å². The molecule has 0 saturated heterocycles. The van der Waals surface area contributed by atoms with Crippen molar-refractivity contribution in [1.29, 1.82) is 0 Å². The average molecular weight is 388 g/mol. The average Bonchev–Trinajstić information content (AvgIpc) is 3.13. The van der Waals surface area contributed by atoms with Crippen molar-refractivity contribution >= 4 is 28.3 Å².